The summed E-state index contributed by atoms with van der Waals surface area (Å²) >= 11 is 1.73. The molecule has 3 rings (SSSR count). The number of hydrogen-bond donors (Lipinski definition) is 0. The summed E-state index contributed by atoms with van der Waals surface area (Å²) in [6.07, 6.45) is 4.82. The highest BCUT2D eigenvalue weighted by molar-refractivity contribution is 7.09. The monoisotopic (exact) mass is 303 g/mol. The molecular formula is C15H21N5S. The van der Waals surface area contributed by atoms with E-state index in [1.165, 1.54) is 5.69 Å². The molecule has 0 aliphatic carbocycles. The summed E-state index contributed by atoms with van der Waals surface area (Å²) in [7, 11) is 0. The third-order valence-corrected chi connectivity index (χ3v) is 4.53. The fourth-order valence-corrected chi connectivity index (χ4v) is 3.27. The molecule has 1 fully saturated rings. The Morgan fingerprint density at radius 1 is 1.10 bits per heavy atom. The number of aromatic nitrogens is 3. The van der Waals surface area contributed by atoms with Gasteiger partial charge in [0.15, 0.2) is 0 Å². The second-order valence-corrected chi connectivity index (χ2v) is 6.56. The van der Waals surface area contributed by atoms with Crippen LogP contribution in [-0.4, -0.2) is 46.0 Å². The lowest BCUT2D eigenvalue weighted by molar-refractivity contribution is 0.282. The summed E-state index contributed by atoms with van der Waals surface area (Å²) in [6, 6.07) is 0. The van der Waals surface area contributed by atoms with E-state index in [1.807, 2.05) is 13.1 Å². The number of rotatable bonds is 3. The summed E-state index contributed by atoms with van der Waals surface area (Å²) in [5, 5.41) is 3.32. The minimum Gasteiger partial charge on any atom is -0.354 e. The maximum Gasteiger partial charge on any atom is 0.147 e. The highest BCUT2D eigenvalue weighted by atomic mass is 32.1. The van der Waals surface area contributed by atoms with Crippen LogP contribution < -0.4 is 4.90 Å². The maximum atomic E-state index is 4.59. The van der Waals surface area contributed by atoms with Crippen molar-refractivity contribution in [3.63, 3.8) is 0 Å². The van der Waals surface area contributed by atoms with E-state index in [0.29, 0.717) is 0 Å². The molecule has 2 aromatic heterocycles. The predicted molar refractivity (Wildman–Crippen MR) is 85.7 cm³/mol. The van der Waals surface area contributed by atoms with Crippen molar-refractivity contribution in [2.45, 2.75) is 26.8 Å². The second-order valence-electron chi connectivity index (χ2n) is 5.49. The molecule has 6 heteroatoms. The van der Waals surface area contributed by atoms with Crippen molar-refractivity contribution in [1.29, 1.82) is 0 Å². The SMILES string of the molecule is Cc1cncc(N2CCCN(Cc3csc(C)n3)CC2)n1. The normalized spacial score (nSPS) is 17.0. The molecule has 0 spiro atoms. The van der Waals surface area contributed by atoms with Crippen molar-refractivity contribution in [3.8, 4) is 0 Å². The van der Waals surface area contributed by atoms with E-state index < -0.39 is 0 Å². The van der Waals surface area contributed by atoms with Crippen LogP contribution in [0.4, 0.5) is 5.82 Å². The third-order valence-electron chi connectivity index (χ3n) is 3.71. The molecule has 0 unspecified atom stereocenters. The molecule has 1 aliphatic heterocycles. The van der Waals surface area contributed by atoms with Crippen LogP contribution in [0.1, 0.15) is 22.8 Å². The lowest BCUT2D eigenvalue weighted by atomic mass is 10.3. The van der Waals surface area contributed by atoms with Gasteiger partial charge in [-0.3, -0.25) is 9.88 Å². The molecule has 1 aliphatic rings. The van der Waals surface area contributed by atoms with E-state index in [4.69, 9.17) is 0 Å². The van der Waals surface area contributed by atoms with Crippen molar-refractivity contribution in [1.82, 2.24) is 19.9 Å². The first-order valence-electron chi connectivity index (χ1n) is 7.37. The quantitative estimate of drug-likeness (QED) is 0.870. The van der Waals surface area contributed by atoms with Crippen molar-refractivity contribution >= 4 is 17.2 Å². The fraction of sp³-hybridized carbons (Fsp3) is 0.533. The third kappa shape index (κ3) is 3.77. The van der Waals surface area contributed by atoms with E-state index in [1.54, 1.807) is 17.5 Å². The topological polar surface area (TPSA) is 45.2 Å². The number of aryl methyl sites for hydroxylation is 2. The van der Waals surface area contributed by atoms with Gasteiger partial charge in [-0.05, 0) is 20.3 Å². The van der Waals surface area contributed by atoms with Gasteiger partial charge in [0.2, 0.25) is 0 Å². The average Bonchev–Trinajstić information content (AvgIpc) is 2.73. The molecule has 0 saturated carbocycles. The first kappa shape index (κ1) is 14.4. The number of hydrogen-bond acceptors (Lipinski definition) is 6. The second kappa shape index (κ2) is 6.49. The number of thiazole rings is 1. The maximum absolute atomic E-state index is 4.59. The van der Waals surface area contributed by atoms with Gasteiger partial charge in [0.25, 0.3) is 0 Å². The Bertz CT molecular complexity index is 597. The van der Waals surface area contributed by atoms with Crippen LogP contribution in [0, 0.1) is 13.8 Å². The average molecular weight is 303 g/mol. The van der Waals surface area contributed by atoms with Gasteiger partial charge in [0.05, 0.1) is 22.6 Å². The molecule has 0 radical (unpaired) electrons. The smallest absolute Gasteiger partial charge is 0.147 e. The first-order chi connectivity index (χ1) is 10.2. The lowest BCUT2D eigenvalue weighted by Crippen LogP contribution is -2.31. The van der Waals surface area contributed by atoms with Crippen LogP contribution >= 0.6 is 11.3 Å². The van der Waals surface area contributed by atoms with E-state index >= 15 is 0 Å². The molecule has 21 heavy (non-hydrogen) atoms. The van der Waals surface area contributed by atoms with Crippen molar-refractivity contribution in [3.05, 3.63) is 34.2 Å². The Labute approximate surface area is 129 Å². The molecule has 0 atom stereocenters. The van der Waals surface area contributed by atoms with Gasteiger partial charge >= 0.3 is 0 Å². The fourth-order valence-electron chi connectivity index (χ4n) is 2.67. The predicted octanol–water partition coefficient (Wildman–Crippen LogP) is 2.26. The minimum atomic E-state index is 0.956. The number of anilines is 1. The minimum absolute atomic E-state index is 0.956. The molecule has 5 nitrogen and oxygen atoms in total. The van der Waals surface area contributed by atoms with Gasteiger partial charge in [-0.2, -0.15) is 0 Å². The largest absolute Gasteiger partial charge is 0.354 e. The van der Waals surface area contributed by atoms with Crippen molar-refractivity contribution in [2.75, 3.05) is 31.1 Å². The Kier molecular flexibility index (Phi) is 4.45. The van der Waals surface area contributed by atoms with Gasteiger partial charge in [-0.1, -0.05) is 0 Å². The van der Waals surface area contributed by atoms with Gasteiger partial charge in [-0.25, -0.2) is 9.97 Å². The van der Waals surface area contributed by atoms with Gasteiger partial charge in [-0.15, -0.1) is 11.3 Å². The standard InChI is InChI=1S/C15H21N5S/c1-12-8-16-9-15(17-12)20-5-3-4-19(6-7-20)10-14-11-21-13(2)18-14/h8-9,11H,3-7,10H2,1-2H3. The van der Waals surface area contributed by atoms with Crippen molar-refractivity contribution < 1.29 is 0 Å². The molecule has 0 bridgehead atoms. The molecule has 3 heterocycles. The summed E-state index contributed by atoms with van der Waals surface area (Å²) in [6.45, 7) is 9.22. The molecule has 0 aromatic carbocycles. The zero-order valence-corrected chi connectivity index (χ0v) is 13.4. The summed E-state index contributed by atoms with van der Waals surface area (Å²) in [4.78, 5) is 18.2. The van der Waals surface area contributed by atoms with E-state index in [9.17, 15) is 0 Å². The zero-order chi connectivity index (χ0) is 14.7. The van der Waals surface area contributed by atoms with Gasteiger partial charge < -0.3 is 4.90 Å². The summed E-state index contributed by atoms with van der Waals surface area (Å²) in [5.74, 6) is 1.00. The Hall–Kier alpha value is -1.53. The van der Waals surface area contributed by atoms with E-state index in [0.717, 1.165) is 55.7 Å². The Balaban J connectivity index is 1.61. The van der Waals surface area contributed by atoms with E-state index in [-0.39, 0.29) is 0 Å². The van der Waals surface area contributed by atoms with Crippen LogP contribution in [0.3, 0.4) is 0 Å². The summed E-state index contributed by atoms with van der Waals surface area (Å²) in [5.41, 5.74) is 2.17. The van der Waals surface area contributed by atoms with Gasteiger partial charge in [0, 0.05) is 44.3 Å². The molecule has 1 saturated heterocycles. The Morgan fingerprint density at radius 2 is 2.00 bits per heavy atom. The lowest BCUT2D eigenvalue weighted by Gasteiger charge is -2.22. The Morgan fingerprint density at radius 3 is 2.76 bits per heavy atom. The van der Waals surface area contributed by atoms with Crippen LogP contribution in [0.25, 0.3) is 0 Å². The summed E-state index contributed by atoms with van der Waals surface area (Å²) < 4.78 is 0. The van der Waals surface area contributed by atoms with Crippen LogP contribution in [0.2, 0.25) is 0 Å². The molecule has 0 amide bonds. The number of nitrogens with zero attached hydrogens (tertiary/aromatic N) is 5. The van der Waals surface area contributed by atoms with Gasteiger partial charge in [0.1, 0.15) is 5.82 Å². The van der Waals surface area contributed by atoms with Crippen LogP contribution in [0.15, 0.2) is 17.8 Å². The molecule has 0 N–H and O–H groups in total. The molecule has 2 aromatic rings. The van der Waals surface area contributed by atoms with Crippen molar-refractivity contribution in [2.24, 2.45) is 0 Å². The molecular weight excluding hydrogens is 282 g/mol. The highest BCUT2D eigenvalue weighted by Crippen LogP contribution is 2.15. The highest BCUT2D eigenvalue weighted by Gasteiger charge is 2.17. The zero-order valence-electron chi connectivity index (χ0n) is 12.6. The molecule has 112 valence electrons. The first-order valence-corrected chi connectivity index (χ1v) is 8.25. The van der Waals surface area contributed by atoms with E-state index in [2.05, 4.69) is 37.1 Å². The van der Waals surface area contributed by atoms with Crippen LogP contribution in [-0.2, 0) is 6.54 Å². The van der Waals surface area contributed by atoms with Crippen LogP contribution in [0.5, 0.6) is 0 Å².